The van der Waals surface area contributed by atoms with Crippen molar-refractivity contribution in [3.05, 3.63) is 6.42 Å². The van der Waals surface area contributed by atoms with E-state index in [0.29, 0.717) is 11.7 Å². The van der Waals surface area contributed by atoms with Crippen LogP contribution in [0.3, 0.4) is 0 Å². The van der Waals surface area contributed by atoms with E-state index >= 15 is 0 Å². The van der Waals surface area contributed by atoms with Crippen molar-refractivity contribution >= 4 is 5.78 Å². The van der Waals surface area contributed by atoms with Gasteiger partial charge < -0.3 is 0 Å². The Kier molecular flexibility index (Phi) is 1.60. The van der Waals surface area contributed by atoms with Crippen LogP contribution in [-0.4, -0.2) is 5.78 Å². The molecule has 1 heteroatoms. The average Bonchev–Trinajstić information content (AvgIpc) is 1.98. The van der Waals surface area contributed by atoms with Gasteiger partial charge in [0, 0.05) is 11.8 Å². The molecule has 51 valence electrons. The molecule has 0 N–H and O–H groups in total. The highest BCUT2D eigenvalue weighted by molar-refractivity contribution is 5.87. The molecule has 1 aliphatic rings. The average molecular weight is 125 g/mol. The summed E-state index contributed by atoms with van der Waals surface area (Å²) < 4.78 is 0. The maximum atomic E-state index is 11.1. The van der Waals surface area contributed by atoms with E-state index in [0.717, 1.165) is 0 Å². The fraction of sp³-hybridized carbons (Fsp3) is 0.750. The zero-order valence-electron chi connectivity index (χ0n) is 6.22. The fourth-order valence-electron chi connectivity index (χ4n) is 1.39. The number of carbonyl (C=O) groups is 1. The summed E-state index contributed by atoms with van der Waals surface area (Å²) in [4.78, 5) is 11.1. The Balaban J connectivity index is 2.65. The van der Waals surface area contributed by atoms with Crippen molar-refractivity contribution in [2.24, 2.45) is 17.8 Å². The number of carbonyl (C=O) groups excluding carboxylic acids is 1. The van der Waals surface area contributed by atoms with Crippen LogP contribution in [0, 0.1) is 24.2 Å². The van der Waals surface area contributed by atoms with Crippen molar-refractivity contribution in [2.45, 2.75) is 20.8 Å². The molecule has 0 aliphatic heterocycles. The van der Waals surface area contributed by atoms with Crippen LogP contribution in [0.2, 0.25) is 0 Å². The summed E-state index contributed by atoms with van der Waals surface area (Å²) in [7, 11) is 0. The lowest BCUT2D eigenvalue weighted by Crippen LogP contribution is -2.10. The molecule has 0 aromatic heterocycles. The quantitative estimate of drug-likeness (QED) is 0.481. The Morgan fingerprint density at radius 1 is 1.33 bits per heavy atom. The molecular weight excluding hydrogens is 112 g/mol. The monoisotopic (exact) mass is 125 g/mol. The van der Waals surface area contributed by atoms with Gasteiger partial charge in [-0.25, -0.2) is 0 Å². The van der Waals surface area contributed by atoms with Gasteiger partial charge in [-0.15, -0.1) is 0 Å². The zero-order chi connectivity index (χ0) is 7.02. The molecule has 0 aromatic carbocycles. The maximum Gasteiger partial charge on any atom is 0.139 e. The predicted octanol–water partition coefficient (Wildman–Crippen LogP) is 1.68. The molecule has 3 atom stereocenters. The molecule has 0 heterocycles. The topological polar surface area (TPSA) is 17.1 Å². The molecule has 0 bridgehead atoms. The number of rotatable bonds is 0. The highest BCUT2D eigenvalue weighted by atomic mass is 16.1. The molecular formula is C8H13O. The minimum absolute atomic E-state index is 0.204. The minimum Gasteiger partial charge on any atom is -0.299 e. The van der Waals surface area contributed by atoms with Gasteiger partial charge in [0.2, 0.25) is 0 Å². The highest BCUT2D eigenvalue weighted by Crippen LogP contribution is 2.30. The van der Waals surface area contributed by atoms with Gasteiger partial charge in [0.25, 0.3) is 0 Å². The van der Waals surface area contributed by atoms with Crippen molar-refractivity contribution in [1.29, 1.82) is 0 Å². The molecule has 0 saturated heterocycles. The first-order valence-electron chi connectivity index (χ1n) is 3.51. The molecule has 1 saturated carbocycles. The normalized spacial score (nSPS) is 43.9. The summed E-state index contributed by atoms with van der Waals surface area (Å²) in [6.45, 7) is 6.08. The van der Waals surface area contributed by atoms with Gasteiger partial charge in [0.1, 0.15) is 5.78 Å². The van der Waals surface area contributed by atoms with Crippen LogP contribution in [0.1, 0.15) is 20.8 Å². The third-order valence-electron chi connectivity index (χ3n) is 2.28. The molecule has 1 fully saturated rings. The lowest BCUT2D eigenvalue weighted by molar-refractivity contribution is -0.123. The Morgan fingerprint density at radius 2 is 1.89 bits per heavy atom. The van der Waals surface area contributed by atoms with E-state index in [1.807, 2.05) is 13.8 Å². The van der Waals surface area contributed by atoms with Crippen molar-refractivity contribution in [1.82, 2.24) is 0 Å². The van der Waals surface area contributed by atoms with Gasteiger partial charge >= 0.3 is 0 Å². The molecule has 0 spiro atoms. The van der Waals surface area contributed by atoms with E-state index in [1.54, 1.807) is 0 Å². The summed E-state index contributed by atoms with van der Waals surface area (Å²) in [5.41, 5.74) is 0. The van der Waals surface area contributed by atoms with Crippen LogP contribution >= 0.6 is 0 Å². The van der Waals surface area contributed by atoms with Crippen LogP contribution in [0.5, 0.6) is 0 Å². The zero-order valence-corrected chi connectivity index (χ0v) is 6.22. The summed E-state index contributed by atoms with van der Waals surface area (Å²) in [5, 5.41) is 0. The molecule has 2 unspecified atom stereocenters. The molecule has 0 amide bonds. The Labute approximate surface area is 56.4 Å². The largest absolute Gasteiger partial charge is 0.299 e. The number of hydrogen-bond acceptors (Lipinski definition) is 1. The van der Waals surface area contributed by atoms with E-state index in [-0.39, 0.29) is 11.8 Å². The van der Waals surface area contributed by atoms with Crippen molar-refractivity contribution in [2.75, 3.05) is 0 Å². The SMILES string of the molecule is CC1[CH][C@@H](C)C(=O)C1C. The lowest BCUT2D eigenvalue weighted by atomic mass is 10.0. The van der Waals surface area contributed by atoms with E-state index in [4.69, 9.17) is 0 Å². The standard InChI is InChI=1S/C8H13O/c1-5-4-6(2)8(9)7(5)3/h4-7H,1-3H3/t5?,6-,7?/m1/s1. The van der Waals surface area contributed by atoms with Gasteiger partial charge in [0.05, 0.1) is 0 Å². The fourth-order valence-corrected chi connectivity index (χ4v) is 1.39. The second-order valence-electron chi connectivity index (χ2n) is 3.03. The Hall–Kier alpha value is -0.330. The van der Waals surface area contributed by atoms with Crippen LogP contribution in [0.25, 0.3) is 0 Å². The van der Waals surface area contributed by atoms with Crippen molar-refractivity contribution in [3.63, 3.8) is 0 Å². The van der Waals surface area contributed by atoms with E-state index < -0.39 is 0 Å². The minimum atomic E-state index is 0.204. The van der Waals surface area contributed by atoms with E-state index in [2.05, 4.69) is 13.3 Å². The van der Waals surface area contributed by atoms with Gasteiger partial charge in [-0.2, -0.15) is 0 Å². The smallest absolute Gasteiger partial charge is 0.139 e. The molecule has 1 radical (unpaired) electrons. The van der Waals surface area contributed by atoms with Crippen LogP contribution < -0.4 is 0 Å². The van der Waals surface area contributed by atoms with Gasteiger partial charge in [0.15, 0.2) is 0 Å². The van der Waals surface area contributed by atoms with Gasteiger partial charge in [-0.1, -0.05) is 20.8 Å². The molecule has 9 heavy (non-hydrogen) atoms. The Bertz CT molecular complexity index is 129. The summed E-state index contributed by atoms with van der Waals surface area (Å²) in [5.74, 6) is 1.37. The van der Waals surface area contributed by atoms with E-state index in [9.17, 15) is 4.79 Å². The Morgan fingerprint density at radius 3 is 2.00 bits per heavy atom. The predicted molar refractivity (Wildman–Crippen MR) is 36.8 cm³/mol. The van der Waals surface area contributed by atoms with Crippen molar-refractivity contribution < 1.29 is 4.79 Å². The van der Waals surface area contributed by atoms with Crippen LogP contribution in [-0.2, 0) is 4.79 Å². The number of Topliss-reactive ketones (excluding diaryl/α,β-unsaturated/α-hetero) is 1. The van der Waals surface area contributed by atoms with Gasteiger partial charge in [-0.3, -0.25) is 4.79 Å². The molecule has 1 nitrogen and oxygen atoms in total. The first-order chi connectivity index (χ1) is 4.13. The number of ketones is 1. The maximum absolute atomic E-state index is 11.1. The first kappa shape index (κ1) is 6.79. The van der Waals surface area contributed by atoms with Crippen LogP contribution in [0.4, 0.5) is 0 Å². The summed E-state index contributed by atoms with van der Waals surface area (Å²) >= 11 is 0. The summed E-state index contributed by atoms with van der Waals surface area (Å²) in [6, 6.07) is 0. The van der Waals surface area contributed by atoms with Crippen molar-refractivity contribution in [3.8, 4) is 0 Å². The van der Waals surface area contributed by atoms with Crippen LogP contribution in [0.15, 0.2) is 0 Å². The second kappa shape index (κ2) is 2.13. The molecule has 1 aliphatic carbocycles. The third kappa shape index (κ3) is 1.00. The third-order valence-corrected chi connectivity index (χ3v) is 2.28. The lowest BCUT2D eigenvalue weighted by Gasteiger charge is -2.03. The van der Waals surface area contributed by atoms with Gasteiger partial charge in [-0.05, 0) is 12.3 Å². The molecule has 0 aromatic rings. The first-order valence-corrected chi connectivity index (χ1v) is 3.51. The molecule has 1 rings (SSSR count). The second-order valence-corrected chi connectivity index (χ2v) is 3.03. The summed E-state index contributed by atoms with van der Waals surface area (Å²) in [6.07, 6.45) is 2.13. The number of hydrogen-bond donors (Lipinski definition) is 0. The highest BCUT2D eigenvalue weighted by Gasteiger charge is 2.33. The van der Waals surface area contributed by atoms with E-state index in [1.165, 1.54) is 0 Å².